The number of sulfonamides is 1. The summed E-state index contributed by atoms with van der Waals surface area (Å²) in [6, 6.07) is 12.2. The van der Waals surface area contributed by atoms with Crippen LogP contribution in [0.1, 0.15) is 24.0 Å². The summed E-state index contributed by atoms with van der Waals surface area (Å²) in [5, 5.41) is 1.38. The molecule has 1 amide bonds. The Morgan fingerprint density at radius 1 is 1.09 bits per heavy atom. The van der Waals surface area contributed by atoms with E-state index in [0.29, 0.717) is 31.0 Å². The third-order valence-electron chi connectivity index (χ3n) is 6.06. The number of ether oxygens (including phenoxy) is 1. The summed E-state index contributed by atoms with van der Waals surface area (Å²) in [5.41, 5.74) is 3.37. The molecule has 1 fully saturated rings. The second-order valence-corrected chi connectivity index (χ2v) is 10.6. The fourth-order valence-corrected chi connectivity index (χ4v) is 6.13. The molecule has 0 N–H and O–H groups in total. The van der Waals surface area contributed by atoms with E-state index in [4.69, 9.17) is 16.3 Å². The molecule has 166 valence electrons. The van der Waals surface area contributed by atoms with Gasteiger partial charge >= 0.3 is 6.09 Å². The van der Waals surface area contributed by atoms with Gasteiger partial charge in [-0.2, -0.15) is 4.31 Å². The predicted molar refractivity (Wildman–Crippen MR) is 122 cm³/mol. The Labute approximate surface area is 191 Å². The first kappa shape index (κ1) is 21.2. The van der Waals surface area contributed by atoms with E-state index in [1.165, 1.54) is 4.31 Å². The van der Waals surface area contributed by atoms with E-state index in [0.717, 1.165) is 27.7 Å². The molecular weight excluding hydrogens is 450 g/mol. The molecular formula is C23H22ClN3O4S. The molecule has 1 saturated heterocycles. The van der Waals surface area contributed by atoms with Gasteiger partial charge in [0.1, 0.15) is 6.61 Å². The van der Waals surface area contributed by atoms with Crippen LogP contribution in [0.5, 0.6) is 0 Å². The lowest BCUT2D eigenvalue weighted by Crippen LogP contribution is -2.50. The van der Waals surface area contributed by atoms with Crippen molar-refractivity contribution in [2.75, 3.05) is 18.0 Å². The van der Waals surface area contributed by atoms with Crippen molar-refractivity contribution in [1.82, 2.24) is 9.29 Å². The molecule has 0 saturated carbocycles. The lowest BCUT2D eigenvalue weighted by Gasteiger charge is -2.39. The summed E-state index contributed by atoms with van der Waals surface area (Å²) in [6.45, 7) is 2.76. The largest absolute Gasteiger partial charge is 0.444 e. The normalized spacial score (nSPS) is 17.9. The van der Waals surface area contributed by atoms with Crippen LogP contribution in [0, 0.1) is 6.92 Å². The van der Waals surface area contributed by atoms with Gasteiger partial charge in [0, 0.05) is 41.3 Å². The number of hydrogen-bond acceptors (Lipinski definition) is 5. The second kappa shape index (κ2) is 8.03. The van der Waals surface area contributed by atoms with E-state index in [1.54, 1.807) is 41.4 Å². The van der Waals surface area contributed by atoms with E-state index < -0.39 is 16.1 Å². The van der Waals surface area contributed by atoms with Gasteiger partial charge in [-0.25, -0.2) is 13.2 Å². The highest BCUT2D eigenvalue weighted by molar-refractivity contribution is 7.89. The van der Waals surface area contributed by atoms with Crippen molar-refractivity contribution >= 4 is 44.3 Å². The molecule has 32 heavy (non-hydrogen) atoms. The number of carbonyl (C=O) groups excluding carboxylic acids is 1. The van der Waals surface area contributed by atoms with Crippen LogP contribution in [0.4, 0.5) is 10.5 Å². The second-order valence-electron chi connectivity index (χ2n) is 8.20. The van der Waals surface area contributed by atoms with E-state index >= 15 is 0 Å². The number of amides is 1. The van der Waals surface area contributed by atoms with Crippen LogP contribution in [0.2, 0.25) is 5.02 Å². The molecule has 2 aliphatic heterocycles. The molecule has 3 heterocycles. The molecule has 0 radical (unpaired) electrons. The van der Waals surface area contributed by atoms with Crippen molar-refractivity contribution in [3.05, 3.63) is 64.8 Å². The van der Waals surface area contributed by atoms with Crippen LogP contribution in [-0.2, 0) is 21.4 Å². The Morgan fingerprint density at radius 2 is 1.88 bits per heavy atom. The van der Waals surface area contributed by atoms with E-state index in [9.17, 15) is 13.2 Å². The van der Waals surface area contributed by atoms with Crippen LogP contribution >= 0.6 is 11.6 Å². The van der Waals surface area contributed by atoms with Crippen LogP contribution in [0.15, 0.2) is 53.6 Å². The number of cyclic esters (lactones) is 1. The van der Waals surface area contributed by atoms with Gasteiger partial charge in [-0.15, -0.1) is 0 Å². The minimum absolute atomic E-state index is 0.141. The number of fused-ring (bicyclic) bond motifs is 2. The minimum Gasteiger partial charge on any atom is -0.444 e. The average molecular weight is 472 g/mol. The Hall–Kier alpha value is -2.68. The smallest absolute Gasteiger partial charge is 0.414 e. The lowest BCUT2D eigenvalue weighted by molar-refractivity contribution is 0.136. The monoisotopic (exact) mass is 471 g/mol. The number of benzene rings is 2. The number of carbonyl (C=O) groups is 1. The van der Waals surface area contributed by atoms with Gasteiger partial charge in [-0.1, -0.05) is 11.6 Å². The third-order valence-corrected chi connectivity index (χ3v) is 8.19. The number of rotatable bonds is 3. The summed E-state index contributed by atoms with van der Waals surface area (Å²) in [7, 11) is -3.65. The van der Waals surface area contributed by atoms with Crippen LogP contribution in [0.25, 0.3) is 10.9 Å². The van der Waals surface area contributed by atoms with Crippen molar-refractivity contribution in [2.45, 2.75) is 37.3 Å². The van der Waals surface area contributed by atoms with Gasteiger partial charge in [0.15, 0.2) is 0 Å². The molecule has 2 aliphatic rings. The van der Waals surface area contributed by atoms with Crippen LogP contribution < -0.4 is 4.90 Å². The topological polar surface area (TPSA) is 79.8 Å². The third kappa shape index (κ3) is 3.72. The zero-order valence-electron chi connectivity index (χ0n) is 17.5. The zero-order chi connectivity index (χ0) is 22.5. The van der Waals surface area contributed by atoms with Gasteiger partial charge in [0.05, 0.1) is 16.1 Å². The number of hydrogen-bond donors (Lipinski definition) is 0. The van der Waals surface area contributed by atoms with Crippen molar-refractivity contribution in [3.8, 4) is 0 Å². The molecule has 9 heteroatoms. The van der Waals surface area contributed by atoms with Crippen LogP contribution in [-0.4, -0.2) is 42.9 Å². The maximum absolute atomic E-state index is 13.3. The lowest BCUT2D eigenvalue weighted by atomic mass is 10.0. The first-order chi connectivity index (χ1) is 15.3. The number of aromatic nitrogens is 1. The SMILES string of the molecule is Cc1cnc2ccc(S(=O)(=O)N3CCC(N4C(=O)OCc5cc(Cl)ccc54)CC3)cc2c1. The van der Waals surface area contributed by atoms with Crippen molar-refractivity contribution in [3.63, 3.8) is 0 Å². The number of nitrogens with zero attached hydrogens (tertiary/aromatic N) is 3. The molecule has 5 rings (SSSR count). The molecule has 0 aliphatic carbocycles. The summed E-state index contributed by atoms with van der Waals surface area (Å²) in [5.74, 6) is 0. The number of aryl methyl sites for hydroxylation is 1. The first-order valence-electron chi connectivity index (χ1n) is 10.4. The Balaban J connectivity index is 1.36. The fourth-order valence-electron chi connectivity index (χ4n) is 4.43. The van der Waals surface area contributed by atoms with Crippen molar-refractivity contribution in [1.29, 1.82) is 0 Å². The van der Waals surface area contributed by atoms with Gasteiger partial charge in [0.2, 0.25) is 10.0 Å². The molecule has 7 nitrogen and oxygen atoms in total. The zero-order valence-corrected chi connectivity index (χ0v) is 19.1. The number of halogens is 1. The average Bonchev–Trinajstić information content (AvgIpc) is 2.78. The first-order valence-corrected chi connectivity index (χ1v) is 12.3. The molecule has 1 aromatic heterocycles. The highest BCUT2D eigenvalue weighted by Crippen LogP contribution is 2.34. The standard InChI is InChI=1S/C23H22ClN3O4S/c1-15-10-16-12-20(3-4-21(16)25-13-15)32(29,30)26-8-6-19(7-9-26)27-22-5-2-18(24)11-17(22)14-31-23(27)28/h2-5,10-13,19H,6-9,14H2,1H3. The molecule has 2 aromatic carbocycles. The van der Waals surface area contributed by atoms with E-state index in [-0.39, 0.29) is 17.5 Å². The molecule has 0 atom stereocenters. The predicted octanol–water partition coefficient (Wildman–Crippen LogP) is 4.51. The molecule has 0 bridgehead atoms. The highest BCUT2D eigenvalue weighted by Gasteiger charge is 2.37. The number of piperidine rings is 1. The Morgan fingerprint density at radius 3 is 2.66 bits per heavy atom. The summed E-state index contributed by atoms with van der Waals surface area (Å²) in [6.07, 6.45) is 2.40. The molecule has 0 unspecified atom stereocenters. The summed E-state index contributed by atoms with van der Waals surface area (Å²) in [4.78, 5) is 18.8. The fraction of sp³-hybridized carbons (Fsp3) is 0.304. The van der Waals surface area contributed by atoms with Crippen molar-refractivity contribution < 1.29 is 17.9 Å². The van der Waals surface area contributed by atoms with Crippen LogP contribution in [0.3, 0.4) is 0 Å². The highest BCUT2D eigenvalue weighted by atomic mass is 35.5. The van der Waals surface area contributed by atoms with Gasteiger partial charge < -0.3 is 4.74 Å². The maximum Gasteiger partial charge on any atom is 0.414 e. The van der Waals surface area contributed by atoms with E-state index in [2.05, 4.69) is 4.98 Å². The number of pyridine rings is 1. The summed E-state index contributed by atoms with van der Waals surface area (Å²) >= 11 is 6.08. The molecule has 3 aromatic rings. The summed E-state index contributed by atoms with van der Waals surface area (Å²) < 4.78 is 33.4. The number of anilines is 1. The Kier molecular flexibility index (Phi) is 5.31. The van der Waals surface area contributed by atoms with Gasteiger partial charge in [0.25, 0.3) is 0 Å². The minimum atomic E-state index is -3.65. The maximum atomic E-state index is 13.3. The van der Waals surface area contributed by atoms with Crippen molar-refractivity contribution in [2.24, 2.45) is 0 Å². The Bertz CT molecular complexity index is 1320. The molecule has 0 spiro atoms. The quantitative estimate of drug-likeness (QED) is 0.561. The van der Waals surface area contributed by atoms with E-state index in [1.807, 2.05) is 19.1 Å². The van der Waals surface area contributed by atoms with Gasteiger partial charge in [-0.3, -0.25) is 9.88 Å². The van der Waals surface area contributed by atoms with Gasteiger partial charge in [-0.05, 0) is 67.8 Å².